The Bertz CT molecular complexity index is 554. The fourth-order valence-corrected chi connectivity index (χ4v) is 3.11. The van der Waals surface area contributed by atoms with Gasteiger partial charge in [0.05, 0.1) is 12.8 Å². The lowest BCUT2D eigenvalue weighted by Crippen LogP contribution is -2.37. The highest BCUT2D eigenvalue weighted by Gasteiger charge is 2.26. The first-order valence-corrected chi connectivity index (χ1v) is 7.31. The normalized spacial score (nSPS) is 13.1. The molecule has 0 radical (unpaired) electrons. The zero-order chi connectivity index (χ0) is 15.2. The smallest absolute Gasteiger partial charge is 0.260 e. The van der Waals surface area contributed by atoms with Gasteiger partial charge < -0.3 is 15.7 Å². The van der Waals surface area contributed by atoms with E-state index in [4.69, 9.17) is 15.7 Å². The quantitative estimate of drug-likeness (QED) is 0.280. The van der Waals surface area contributed by atoms with E-state index in [2.05, 4.69) is 10.3 Å². The summed E-state index contributed by atoms with van der Waals surface area (Å²) in [5.74, 6) is -0.0346. The second kappa shape index (κ2) is 7.22. The molecule has 114 valence electrons. The molecular formula is C10H19N5O4S. The van der Waals surface area contributed by atoms with Gasteiger partial charge >= 0.3 is 0 Å². The molecule has 1 rings (SSSR count). The van der Waals surface area contributed by atoms with Crippen LogP contribution in [0.3, 0.4) is 0 Å². The van der Waals surface area contributed by atoms with Gasteiger partial charge in [-0.15, -0.1) is 0 Å². The molecule has 0 saturated carbocycles. The molecule has 10 heteroatoms. The topological polar surface area (TPSA) is 123 Å². The van der Waals surface area contributed by atoms with Gasteiger partial charge in [0, 0.05) is 33.7 Å². The minimum absolute atomic E-state index is 0.0346. The number of oxime groups is 1. The molecule has 0 spiro atoms. The van der Waals surface area contributed by atoms with Crippen LogP contribution < -0.4 is 5.73 Å². The second-order valence-corrected chi connectivity index (χ2v) is 5.92. The zero-order valence-electron chi connectivity index (χ0n) is 11.4. The van der Waals surface area contributed by atoms with Crippen molar-refractivity contribution in [2.75, 3.05) is 26.8 Å². The van der Waals surface area contributed by atoms with E-state index in [1.54, 1.807) is 7.05 Å². The molecule has 20 heavy (non-hydrogen) atoms. The highest BCUT2D eigenvalue weighted by atomic mass is 32.2. The number of sulfonamides is 1. The highest BCUT2D eigenvalue weighted by molar-refractivity contribution is 7.89. The molecule has 0 fully saturated rings. The summed E-state index contributed by atoms with van der Waals surface area (Å²) in [5, 5.41) is 15.3. The maximum atomic E-state index is 12.5. The summed E-state index contributed by atoms with van der Waals surface area (Å²) in [4.78, 5) is 0. The van der Waals surface area contributed by atoms with Gasteiger partial charge in [-0.2, -0.15) is 9.40 Å². The van der Waals surface area contributed by atoms with Crippen LogP contribution in [0.15, 0.2) is 22.4 Å². The number of nitrogens with zero attached hydrogens (tertiary/aromatic N) is 4. The predicted octanol–water partition coefficient (Wildman–Crippen LogP) is -0.806. The maximum Gasteiger partial charge on any atom is 0.260 e. The van der Waals surface area contributed by atoms with E-state index < -0.39 is 10.0 Å². The maximum absolute atomic E-state index is 12.5. The molecular weight excluding hydrogens is 286 g/mol. The molecule has 0 aromatic carbocycles. The lowest BCUT2D eigenvalue weighted by Gasteiger charge is -2.21. The van der Waals surface area contributed by atoms with Gasteiger partial charge in [0.2, 0.25) is 0 Å². The Hall–Kier alpha value is -1.65. The van der Waals surface area contributed by atoms with E-state index in [1.807, 2.05) is 0 Å². The summed E-state index contributed by atoms with van der Waals surface area (Å²) in [6.07, 6.45) is 1.53. The second-order valence-electron chi connectivity index (χ2n) is 4.03. The van der Waals surface area contributed by atoms with E-state index in [9.17, 15) is 8.42 Å². The third kappa shape index (κ3) is 3.92. The number of rotatable bonds is 8. The minimum atomic E-state index is -3.70. The first-order chi connectivity index (χ1) is 9.43. The van der Waals surface area contributed by atoms with Crippen molar-refractivity contribution in [2.24, 2.45) is 17.9 Å². The highest BCUT2D eigenvalue weighted by Crippen LogP contribution is 2.14. The van der Waals surface area contributed by atoms with Crippen molar-refractivity contribution in [1.29, 1.82) is 0 Å². The van der Waals surface area contributed by atoms with E-state index in [1.165, 1.54) is 28.4 Å². The molecule has 0 unspecified atom stereocenters. The molecule has 0 amide bonds. The van der Waals surface area contributed by atoms with Crippen molar-refractivity contribution in [3.8, 4) is 0 Å². The predicted molar refractivity (Wildman–Crippen MR) is 71.9 cm³/mol. The van der Waals surface area contributed by atoms with Crippen LogP contribution in [0, 0.1) is 0 Å². The Morgan fingerprint density at radius 1 is 1.60 bits per heavy atom. The van der Waals surface area contributed by atoms with Crippen LogP contribution in [0.4, 0.5) is 0 Å². The number of nitrogens with two attached hydrogens (primary N) is 1. The third-order valence-electron chi connectivity index (χ3n) is 2.67. The third-order valence-corrected chi connectivity index (χ3v) is 4.64. The van der Waals surface area contributed by atoms with Gasteiger partial charge in [0.1, 0.15) is 5.84 Å². The Kier molecular flexibility index (Phi) is 5.92. The van der Waals surface area contributed by atoms with E-state index in [0.717, 1.165) is 0 Å². The average molecular weight is 305 g/mol. The van der Waals surface area contributed by atoms with Gasteiger partial charge in [-0.1, -0.05) is 5.16 Å². The number of amidine groups is 1. The summed E-state index contributed by atoms with van der Waals surface area (Å²) < 4.78 is 32.4. The molecule has 1 aromatic rings. The molecule has 1 heterocycles. The van der Waals surface area contributed by atoms with Crippen molar-refractivity contribution in [3.63, 3.8) is 0 Å². The first-order valence-electron chi connectivity index (χ1n) is 5.87. The van der Waals surface area contributed by atoms with Crippen molar-refractivity contribution in [1.82, 2.24) is 14.1 Å². The Balaban J connectivity index is 2.94. The summed E-state index contributed by atoms with van der Waals surface area (Å²) in [6.45, 7) is 0.503. The molecule has 9 nitrogen and oxygen atoms in total. The molecule has 0 aliphatic heterocycles. The molecule has 0 atom stereocenters. The standard InChI is InChI=1S/C10H19N5O4S/c1-14-10(3-5-12-14)20(17,18)15(7-8-19-2)6-4-9(11)13-16/h3,5,16H,4,6-8H2,1-2H3,(H2,11,13). The average Bonchev–Trinajstić information content (AvgIpc) is 2.85. The Morgan fingerprint density at radius 2 is 2.30 bits per heavy atom. The van der Waals surface area contributed by atoms with Crippen molar-refractivity contribution < 1.29 is 18.4 Å². The molecule has 1 aromatic heterocycles. The largest absolute Gasteiger partial charge is 0.409 e. The fraction of sp³-hybridized carbons (Fsp3) is 0.600. The number of hydrogen-bond acceptors (Lipinski definition) is 6. The summed E-state index contributed by atoms with van der Waals surface area (Å²) in [7, 11) is -0.672. The van der Waals surface area contributed by atoms with Crippen LogP contribution in [-0.4, -0.2) is 60.4 Å². The number of methoxy groups -OCH3 is 1. The molecule has 0 aliphatic rings. The van der Waals surface area contributed by atoms with E-state index >= 15 is 0 Å². The monoisotopic (exact) mass is 305 g/mol. The van der Waals surface area contributed by atoms with Crippen molar-refractivity contribution in [3.05, 3.63) is 12.3 Å². The van der Waals surface area contributed by atoms with Crippen LogP contribution in [0.2, 0.25) is 0 Å². The van der Waals surface area contributed by atoms with Crippen molar-refractivity contribution >= 4 is 15.9 Å². The minimum Gasteiger partial charge on any atom is -0.409 e. The Morgan fingerprint density at radius 3 is 2.80 bits per heavy atom. The fourth-order valence-electron chi connectivity index (χ4n) is 1.58. The molecule has 0 saturated heterocycles. The van der Waals surface area contributed by atoms with Crippen molar-refractivity contribution in [2.45, 2.75) is 11.4 Å². The lowest BCUT2D eigenvalue weighted by atomic mass is 10.4. The number of aromatic nitrogens is 2. The summed E-state index contributed by atoms with van der Waals surface area (Å²) >= 11 is 0. The van der Waals surface area contributed by atoms with Crippen LogP contribution >= 0.6 is 0 Å². The molecule has 0 aliphatic carbocycles. The lowest BCUT2D eigenvalue weighted by molar-refractivity contribution is 0.179. The van der Waals surface area contributed by atoms with Gasteiger partial charge in [0.25, 0.3) is 10.0 Å². The van der Waals surface area contributed by atoms with Gasteiger partial charge in [-0.05, 0) is 6.07 Å². The molecule has 0 bridgehead atoms. The van der Waals surface area contributed by atoms with Gasteiger partial charge in [0.15, 0.2) is 5.03 Å². The number of aryl methyl sites for hydroxylation is 1. The SMILES string of the molecule is COCCN(CCC(N)=NO)S(=O)(=O)c1ccnn1C. The van der Waals surface area contributed by atoms with E-state index in [0.29, 0.717) is 0 Å². The van der Waals surface area contributed by atoms with Crippen LogP contribution in [-0.2, 0) is 21.8 Å². The van der Waals surface area contributed by atoms with Gasteiger partial charge in [-0.3, -0.25) is 4.68 Å². The van der Waals surface area contributed by atoms with E-state index in [-0.39, 0.29) is 37.0 Å². The molecule has 3 N–H and O–H groups in total. The Labute approximate surface area is 117 Å². The number of hydrogen-bond donors (Lipinski definition) is 2. The number of ether oxygens (including phenoxy) is 1. The van der Waals surface area contributed by atoms with Crippen LogP contribution in [0.25, 0.3) is 0 Å². The van der Waals surface area contributed by atoms with Crippen LogP contribution in [0.5, 0.6) is 0 Å². The summed E-state index contributed by atoms with van der Waals surface area (Å²) in [5.41, 5.74) is 5.37. The van der Waals surface area contributed by atoms with Crippen LogP contribution in [0.1, 0.15) is 6.42 Å². The first kappa shape index (κ1) is 16.4. The zero-order valence-corrected chi connectivity index (χ0v) is 12.2. The summed E-state index contributed by atoms with van der Waals surface area (Å²) in [6, 6.07) is 1.42. The van der Waals surface area contributed by atoms with Gasteiger partial charge in [-0.25, -0.2) is 8.42 Å².